The molecule has 0 bridgehead atoms. The van der Waals surface area contributed by atoms with E-state index in [2.05, 4.69) is 26.6 Å². The molecule has 0 aliphatic rings. The molecule has 0 aliphatic heterocycles. The number of amides is 1. The van der Waals surface area contributed by atoms with E-state index in [1.54, 1.807) is 0 Å². The van der Waals surface area contributed by atoms with Gasteiger partial charge in [0.2, 0.25) is 0 Å². The van der Waals surface area contributed by atoms with Gasteiger partial charge in [-0.3, -0.25) is 9.89 Å². The Bertz CT molecular complexity index is 561. The molecule has 112 valence electrons. The summed E-state index contributed by atoms with van der Waals surface area (Å²) in [5.41, 5.74) is 2.25. The van der Waals surface area contributed by atoms with Crippen molar-refractivity contribution < 1.29 is 9.53 Å². The van der Waals surface area contributed by atoms with Gasteiger partial charge in [-0.2, -0.15) is 5.10 Å². The highest BCUT2D eigenvalue weighted by atomic mass is 16.5. The van der Waals surface area contributed by atoms with Crippen molar-refractivity contribution in [3.8, 4) is 5.75 Å². The molecular formula is C15H20N4O2. The highest BCUT2D eigenvalue weighted by Crippen LogP contribution is 2.15. The predicted molar refractivity (Wildman–Crippen MR) is 79.1 cm³/mol. The molecular weight excluding hydrogens is 268 g/mol. The number of aromatic amines is 1. The van der Waals surface area contributed by atoms with E-state index in [0.29, 0.717) is 6.54 Å². The second-order valence-corrected chi connectivity index (χ2v) is 5.00. The number of hydrogen-bond acceptors (Lipinski definition) is 4. The van der Waals surface area contributed by atoms with Crippen molar-refractivity contribution in [2.45, 2.75) is 26.7 Å². The molecule has 0 unspecified atom stereocenters. The molecule has 1 heterocycles. The standard InChI is InChI=1S/C15H20N4O2/c1-11-6-12(2)8-13(7-11)21-9-15(20)16-5-3-4-14-17-10-18-19-14/h6-8,10H,3-5,9H2,1-2H3,(H,16,20)(H,17,18,19). The molecule has 6 nitrogen and oxygen atoms in total. The highest BCUT2D eigenvalue weighted by Gasteiger charge is 2.03. The minimum atomic E-state index is -0.119. The van der Waals surface area contributed by atoms with E-state index >= 15 is 0 Å². The van der Waals surface area contributed by atoms with Crippen LogP contribution in [0.3, 0.4) is 0 Å². The van der Waals surface area contributed by atoms with Gasteiger partial charge in [0, 0.05) is 13.0 Å². The van der Waals surface area contributed by atoms with Crippen LogP contribution in [0, 0.1) is 13.8 Å². The Morgan fingerprint density at radius 3 is 2.71 bits per heavy atom. The Morgan fingerprint density at radius 1 is 1.29 bits per heavy atom. The smallest absolute Gasteiger partial charge is 0.257 e. The summed E-state index contributed by atoms with van der Waals surface area (Å²) in [5.74, 6) is 1.44. The van der Waals surface area contributed by atoms with Gasteiger partial charge in [-0.25, -0.2) is 4.98 Å². The number of ether oxygens (including phenoxy) is 1. The second kappa shape index (κ2) is 7.42. The second-order valence-electron chi connectivity index (χ2n) is 5.00. The Hall–Kier alpha value is -2.37. The van der Waals surface area contributed by atoms with Gasteiger partial charge in [0.15, 0.2) is 6.61 Å². The normalized spacial score (nSPS) is 10.4. The van der Waals surface area contributed by atoms with Crippen LogP contribution in [0.1, 0.15) is 23.4 Å². The number of hydrogen-bond donors (Lipinski definition) is 2. The first-order chi connectivity index (χ1) is 10.1. The maximum absolute atomic E-state index is 11.7. The van der Waals surface area contributed by atoms with Gasteiger partial charge in [-0.15, -0.1) is 0 Å². The largest absolute Gasteiger partial charge is 0.484 e. The lowest BCUT2D eigenvalue weighted by atomic mass is 10.1. The van der Waals surface area contributed by atoms with Gasteiger partial charge < -0.3 is 10.1 Å². The molecule has 0 atom stereocenters. The number of carbonyl (C=O) groups excluding carboxylic acids is 1. The lowest BCUT2D eigenvalue weighted by molar-refractivity contribution is -0.123. The lowest BCUT2D eigenvalue weighted by Gasteiger charge is -2.08. The molecule has 1 aromatic heterocycles. The first-order valence-electron chi connectivity index (χ1n) is 6.95. The van der Waals surface area contributed by atoms with E-state index in [0.717, 1.165) is 35.5 Å². The summed E-state index contributed by atoms with van der Waals surface area (Å²) in [7, 11) is 0. The number of rotatable bonds is 7. The Balaban J connectivity index is 1.65. The van der Waals surface area contributed by atoms with Crippen molar-refractivity contribution in [3.63, 3.8) is 0 Å². The van der Waals surface area contributed by atoms with Crippen LogP contribution in [0.25, 0.3) is 0 Å². The molecule has 6 heteroatoms. The molecule has 0 saturated carbocycles. The molecule has 2 rings (SSSR count). The minimum absolute atomic E-state index is 0.0329. The number of nitrogens with one attached hydrogen (secondary N) is 2. The Morgan fingerprint density at radius 2 is 2.05 bits per heavy atom. The molecule has 1 amide bonds. The fraction of sp³-hybridized carbons (Fsp3) is 0.400. The number of carbonyl (C=O) groups is 1. The highest BCUT2D eigenvalue weighted by molar-refractivity contribution is 5.77. The third kappa shape index (κ3) is 5.25. The van der Waals surface area contributed by atoms with Gasteiger partial charge in [0.05, 0.1) is 0 Å². The van der Waals surface area contributed by atoms with Crippen LogP contribution in [0.4, 0.5) is 0 Å². The zero-order valence-electron chi connectivity index (χ0n) is 12.3. The maximum Gasteiger partial charge on any atom is 0.257 e. The Labute approximate surface area is 123 Å². The average molecular weight is 288 g/mol. The minimum Gasteiger partial charge on any atom is -0.484 e. The molecule has 0 spiro atoms. The average Bonchev–Trinajstić information content (AvgIpc) is 2.93. The monoisotopic (exact) mass is 288 g/mol. The number of H-pyrrole nitrogens is 1. The van der Waals surface area contributed by atoms with Gasteiger partial charge >= 0.3 is 0 Å². The summed E-state index contributed by atoms with van der Waals surface area (Å²) in [6.07, 6.45) is 3.05. The van der Waals surface area contributed by atoms with E-state index in [-0.39, 0.29) is 12.5 Å². The summed E-state index contributed by atoms with van der Waals surface area (Å²) >= 11 is 0. The van der Waals surface area contributed by atoms with E-state index in [9.17, 15) is 4.79 Å². The van der Waals surface area contributed by atoms with E-state index in [1.165, 1.54) is 6.33 Å². The van der Waals surface area contributed by atoms with Crippen LogP contribution >= 0.6 is 0 Å². The third-order valence-corrected chi connectivity index (χ3v) is 2.94. The number of nitrogens with zero attached hydrogens (tertiary/aromatic N) is 2. The van der Waals surface area contributed by atoms with Crippen LogP contribution in [0.2, 0.25) is 0 Å². The topological polar surface area (TPSA) is 79.9 Å². The molecule has 0 fully saturated rings. The van der Waals surface area contributed by atoms with Crippen LogP contribution < -0.4 is 10.1 Å². The Kier molecular flexibility index (Phi) is 5.31. The first kappa shape index (κ1) is 15.0. The molecule has 2 N–H and O–H groups in total. The van der Waals surface area contributed by atoms with Crippen molar-refractivity contribution in [1.29, 1.82) is 0 Å². The fourth-order valence-corrected chi connectivity index (χ4v) is 2.05. The third-order valence-electron chi connectivity index (χ3n) is 2.94. The quantitative estimate of drug-likeness (QED) is 0.758. The number of aromatic nitrogens is 3. The summed E-state index contributed by atoms with van der Waals surface area (Å²) < 4.78 is 5.49. The molecule has 21 heavy (non-hydrogen) atoms. The maximum atomic E-state index is 11.7. The van der Waals surface area contributed by atoms with Crippen molar-refractivity contribution in [2.75, 3.05) is 13.2 Å². The summed E-state index contributed by atoms with van der Waals surface area (Å²) in [6.45, 7) is 4.63. The van der Waals surface area contributed by atoms with E-state index in [4.69, 9.17) is 4.74 Å². The number of benzene rings is 1. The van der Waals surface area contributed by atoms with Crippen molar-refractivity contribution in [2.24, 2.45) is 0 Å². The van der Waals surface area contributed by atoms with Crippen molar-refractivity contribution in [1.82, 2.24) is 20.5 Å². The zero-order chi connectivity index (χ0) is 15.1. The number of aryl methyl sites for hydroxylation is 3. The van der Waals surface area contributed by atoms with Crippen LogP contribution in [-0.2, 0) is 11.2 Å². The van der Waals surface area contributed by atoms with Gasteiger partial charge in [0.1, 0.15) is 17.9 Å². The van der Waals surface area contributed by atoms with Gasteiger partial charge in [-0.1, -0.05) is 6.07 Å². The van der Waals surface area contributed by atoms with Crippen LogP contribution in [-0.4, -0.2) is 34.2 Å². The van der Waals surface area contributed by atoms with E-state index < -0.39 is 0 Å². The summed E-state index contributed by atoms with van der Waals surface area (Å²) in [4.78, 5) is 15.7. The fourth-order valence-electron chi connectivity index (χ4n) is 2.05. The van der Waals surface area contributed by atoms with Crippen LogP contribution in [0.15, 0.2) is 24.5 Å². The molecule has 1 aromatic carbocycles. The van der Waals surface area contributed by atoms with E-state index in [1.807, 2.05) is 26.0 Å². The van der Waals surface area contributed by atoms with Gasteiger partial charge in [-0.05, 0) is 43.5 Å². The predicted octanol–water partition coefficient (Wildman–Crippen LogP) is 1.55. The molecule has 0 aliphatic carbocycles. The van der Waals surface area contributed by atoms with Crippen LogP contribution in [0.5, 0.6) is 5.75 Å². The lowest BCUT2D eigenvalue weighted by Crippen LogP contribution is -2.30. The SMILES string of the molecule is Cc1cc(C)cc(OCC(=O)NCCCc2ncn[nH]2)c1. The summed E-state index contributed by atoms with van der Waals surface area (Å²) in [6, 6.07) is 5.91. The first-order valence-corrected chi connectivity index (χ1v) is 6.95. The van der Waals surface area contributed by atoms with Crippen molar-refractivity contribution in [3.05, 3.63) is 41.5 Å². The molecule has 0 saturated heterocycles. The summed E-state index contributed by atoms with van der Waals surface area (Å²) in [5, 5.41) is 9.37. The van der Waals surface area contributed by atoms with Gasteiger partial charge in [0.25, 0.3) is 5.91 Å². The molecule has 2 aromatic rings. The van der Waals surface area contributed by atoms with Crippen molar-refractivity contribution >= 4 is 5.91 Å². The zero-order valence-corrected chi connectivity index (χ0v) is 12.3. The molecule has 0 radical (unpaired) electrons.